The lowest BCUT2D eigenvalue weighted by atomic mass is 10.0. The number of carbonyl (C=O) groups excluding carboxylic acids is 3. The molecule has 0 aromatic heterocycles. The molecule has 0 spiro atoms. The van der Waals surface area contributed by atoms with Crippen LogP contribution in [0.4, 0.5) is 14.4 Å². The van der Waals surface area contributed by atoms with Crippen LogP contribution in [-0.4, -0.2) is 273 Å². The number of amides is 3. The van der Waals surface area contributed by atoms with Crippen molar-refractivity contribution in [2.75, 3.05) is 127 Å². The van der Waals surface area contributed by atoms with Crippen LogP contribution in [0.5, 0.6) is 0 Å². The lowest BCUT2D eigenvalue weighted by Gasteiger charge is -2.26. The van der Waals surface area contributed by atoms with Gasteiger partial charge in [0.15, 0.2) is 0 Å². The third-order valence-electron chi connectivity index (χ3n) is 11.1. The molecule has 0 saturated carbocycles. The molecular weight excluding hydrogens is 989 g/mol. The average molecular weight is 1080 g/mol. The molecule has 5 rings (SSSR count). The van der Waals surface area contributed by atoms with E-state index in [1.165, 1.54) is 38.2 Å². The van der Waals surface area contributed by atoms with E-state index in [0.29, 0.717) is 38.3 Å². The first-order chi connectivity index (χ1) is 33.3. The highest BCUT2D eigenvalue weighted by Crippen LogP contribution is 2.27. The van der Waals surface area contributed by atoms with E-state index in [1.807, 2.05) is 41.5 Å². The first kappa shape index (κ1) is 69.3. The molecule has 5 fully saturated rings. The third kappa shape index (κ3) is 23.4. The van der Waals surface area contributed by atoms with Crippen molar-refractivity contribution in [1.82, 2.24) is 24.3 Å². The van der Waals surface area contributed by atoms with Crippen LogP contribution in [0.1, 0.15) is 62.3 Å². The van der Waals surface area contributed by atoms with Crippen molar-refractivity contribution in [3.05, 3.63) is 29.2 Å². The van der Waals surface area contributed by atoms with Gasteiger partial charge >= 0.3 is 18.3 Å². The van der Waals surface area contributed by atoms with E-state index >= 15 is 0 Å². The molecule has 5 aliphatic heterocycles. The molecule has 0 aliphatic carbocycles. The Balaban J connectivity index is 0.000000881. The SMILES string of the molecule is C=C1CN(C(=O)OC(C)(C)C)C[C@@H]1OC.C=C1CN(C(=O)OC(C)(C)C)C[C@H]1O.CN=O.CO[C@H]1CN(C(=O)OC(C)(C)C)C[C@@]1(O)CO.CO[C@H]1CN(S(C)(=O)=O)C[C@@]1(O)CO.CO[C@H]1CNC[C@@]1(O)CO. The highest BCUT2D eigenvalue weighted by molar-refractivity contribution is 7.88. The summed E-state index contributed by atoms with van der Waals surface area (Å²) in [5.41, 5.74) is -3.92. The van der Waals surface area contributed by atoms with Gasteiger partial charge in [0.25, 0.3) is 0 Å². The van der Waals surface area contributed by atoms with E-state index in [-0.39, 0.29) is 57.6 Å². The number of β-amino-alcohol motifs (C(OH)–C–C–N with tert-alkyl or cyclic N) is 4. The van der Waals surface area contributed by atoms with Gasteiger partial charge in [-0.2, -0.15) is 9.21 Å². The number of carbonyl (C=O) groups is 3. The lowest BCUT2D eigenvalue weighted by Crippen LogP contribution is -2.46. The summed E-state index contributed by atoms with van der Waals surface area (Å²) in [6, 6.07) is 0. The third-order valence-corrected chi connectivity index (χ3v) is 12.3. The fourth-order valence-electron chi connectivity index (χ4n) is 7.15. The van der Waals surface area contributed by atoms with Crippen LogP contribution in [0.2, 0.25) is 0 Å². The molecule has 0 bridgehead atoms. The van der Waals surface area contributed by atoms with Gasteiger partial charge in [0, 0.05) is 67.7 Å². The standard InChI is InChI=1S/C11H21NO5.C11H19NO3.C10H17NO3.C7H15NO5S.C6H13NO3.CH3NO/c1-10(2,3)17-9(14)12-5-8(16-4)11(15,6-12)7-13;1-8-6-12(7-9(8)14-5)10(13)15-11(2,3)4;1-7-5-11(6-8(7)12)9(13)14-10(2,3)4;1-13-6-3-8(14(2,11)12)4-7(6,10)5-9;1-10-5-2-7-3-6(5,9)4-8;1-2-3/h8,13,15H,5-7H2,1-4H3;9H,1,6-7H2,2-5H3;8,12H,1,5-6H2,2-4H3;6,9-10H,3-5H2,1-2H3;5,7-9H,2-4H2,1H3;1H3/t8-,11+;9-;8-;6-,7+;5-,6+;/m00100./s1. The van der Waals surface area contributed by atoms with Crippen molar-refractivity contribution in [3.63, 3.8) is 0 Å². The molecule has 0 radical (unpaired) electrons. The van der Waals surface area contributed by atoms with Crippen LogP contribution >= 0.6 is 0 Å². The molecular formula is C46H88N6O20S. The molecule has 8 atom stereocenters. The van der Waals surface area contributed by atoms with Crippen LogP contribution in [0.25, 0.3) is 0 Å². The van der Waals surface area contributed by atoms with Gasteiger partial charge < -0.3 is 88.9 Å². The van der Waals surface area contributed by atoms with E-state index < -0.39 is 87.3 Å². The van der Waals surface area contributed by atoms with E-state index in [0.717, 1.165) is 16.1 Å². The number of nitroso groups, excluding NO2 is 1. The molecule has 5 aliphatic rings. The predicted octanol–water partition coefficient (Wildman–Crippen LogP) is -0.351. The van der Waals surface area contributed by atoms with Crippen LogP contribution < -0.4 is 5.32 Å². The van der Waals surface area contributed by atoms with E-state index in [1.54, 1.807) is 32.8 Å². The second-order valence-electron chi connectivity index (χ2n) is 21.0. The van der Waals surface area contributed by atoms with Gasteiger partial charge in [-0.05, 0) is 73.5 Å². The number of hydrogen-bond donors (Lipinski definition) is 8. The average Bonchev–Trinajstić information content (AvgIpc) is 4.10. The Morgan fingerprint density at radius 1 is 0.644 bits per heavy atom. The minimum Gasteiger partial charge on any atom is -0.444 e. The summed E-state index contributed by atoms with van der Waals surface area (Å²) < 4.78 is 59.2. The molecule has 8 N–H and O–H groups in total. The molecule has 428 valence electrons. The molecule has 26 nitrogen and oxygen atoms in total. The molecule has 0 aromatic carbocycles. The Kier molecular flexibility index (Phi) is 28.1. The monoisotopic (exact) mass is 1080 g/mol. The van der Waals surface area contributed by atoms with E-state index in [4.69, 9.17) is 53.4 Å². The maximum atomic E-state index is 11.8. The number of sulfonamides is 1. The second-order valence-corrected chi connectivity index (χ2v) is 22.9. The molecule has 0 aromatic rings. The Bertz CT molecular complexity index is 1880. The maximum absolute atomic E-state index is 11.8. The molecule has 5 saturated heterocycles. The summed E-state index contributed by atoms with van der Waals surface area (Å²) in [5, 5.41) is 70.8. The topological polar surface area (TPSA) is 346 Å². The van der Waals surface area contributed by atoms with Crippen molar-refractivity contribution >= 4 is 28.3 Å². The van der Waals surface area contributed by atoms with Crippen molar-refractivity contribution in [2.45, 2.75) is 126 Å². The number of nitrogens with one attached hydrogen (secondary N) is 1. The summed E-state index contributed by atoms with van der Waals surface area (Å²) >= 11 is 0. The first-order valence-corrected chi connectivity index (χ1v) is 25.1. The molecule has 73 heavy (non-hydrogen) atoms. The number of aliphatic hydroxyl groups excluding tert-OH is 4. The van der Waals surface area contributed by atoms with Gasteiger partial charge in [-0.3, -0.25) is 0 Å². The number of likely N-dealkylation sites (tertiary alicyclic amines) is 3. The van der Waals surface area contributed by atoms with Gasteiger partial charge in [-0.25, -0.2) is 22.8 Å². The van der Waals surface area contributed by atoms with Crippen molar-refractivity contribution in [3.8, 4) is 0 Å². The summed E-state index contributed by atoms with van der Waals surface area (Å²) in [7, 11) is 3.80. The molecule has 0 unspecified atom stereocenters. The number of rotatable bonds is 8. The number of hydrogen-bond acceptors (Lipinski definition) is 22. The van der Waals surface area contributed by atoms with Crippen molar-refractivity contribution < 1.29 is 91.7 Å². The van der Waals surface area contributed by atoms with Crippen LogP contribution in [0.15, 0.2) is 29.5 Å². The summed E-state index contributed by atoms with van der Waals surface area (Å²) in [6.45, 7) is 25.5. The largest absolute Gasteiger partial charge is 0.444 e. The quantitative estimate of drug-likeness (QED) is 0.0875. The van der Waals surface area contributed by atoms with E-state index in [9.17, 15) is 43.2 Å². The molecule has 3 amide bonds. The minimum absolute atomic E-state index is 0.0108. The van der Waals surface area contributed by atoms with Crippen molar-refractivity contribution in [2.24, 2.45) is 5.18 Å². The highest BCUT2D eigenvalue weighted by Gasteiger charge is 2.49. The summed E-state index contributed by atoms with van der Waals surface area (Å²) in [4.78, 5) is 47.9. The van der Waals surface area contributed by atoms with Gasteiger partial charge in [0.2, 0.25) is 10.0 Å². The minimum atomic E-state index is -3.34. The molecule has 27 heteroatoms. The number of nitrogens with zero attached hydrogens (tertiary/aromatic N) is 5. The van der Waals surface area contributed by atoms with Crippen LogP contribution in [-0.2, 0) is 43.2 Å². The second kappa shape index (κ2) is 29.6. The Morgan fingerprint density at radius 2 is 1.03 bits per heavy atom. The maximum Gasteiger partial charge on any atom is 0.410 e. The Hall–Kier alpha value is -3.68. The Morgan fingerprint density at radius 3 is 1.33 bits per heavy atom. The van der Waals surface area contributed by atoms with Gasteiger partial charge in [0.1, 0.15) is 51.9 Å². The zero-order chi connectivity index (χ0) is 57.1. The van der Waals surface area contributed by atoms with E-state index in [2.05, 4.69) is 23.7 Å². The van der Waals surface area contributed by atoms with Gasteiger partial charge in [0.05, 0.1) is 71.5 Å². The predicted molar refractivity (Wildman–Crippen MR) is 268 cm³/mol. The molecule has 5 heterocycles. The fraction of sp³-hybridized carbons (Fsp3) is 0.848. The zero-order valence-electron chi connectivity index (χ0n) is 45.6. The normalized spacial score (nSPS) is 28.2. The van der Waals surface area contributed by atoms with Gasteiger partial charge in [-0.15, -0.1) is 0 Å². The number of methoxy groups -OCH3 is 4. The summed E-state index contributed by atoms with van der Waals surface area (Å²) in [5.74, 6) is 0. The highest BCUT2D eigenvalue weighted by atomic mass is 32.2. The lowest BCUT2D eigenvalue weighted by molar-refractivity contribution is -0.0894. The number of aliphatic hydroxyl groups is 7. The van der Waals surface area contributed by atoms with Gasteiger partial charge in [-0.1, -0.05) is 18.3 Å². The fourth-order valence-corrected chi connectivity index (χ4v) is 8.02. The Labute approximate surface area is 431 Å². The van der Waals surface area contributed by atoms with Crippen LogP contribution in [0, 0.1) is 4.91 Å². The van der Waals surface area contributed by atoms with Crippen molar-refractivity contribution in [1.29, 1.82) is 0 Å². The summed E-state index contributed by atoms with van der Waals surface area (Å²) in [6.07, 6.45) is -2.37. The first-order valence-electron chi connectivity index (χ1n) is 23.3. The zero-order valence-corrected chi connectivity index (χ0v) is 46.4. The van der Waals surface area contributed by atoms with Crippen LogP contribution in [0.3, 0.4) is 0 Å². The number of ether oxygens (including phenoxy) is 7. The smallest absolute Gasteiger partial charge is 0.410 e.